The van der Waals surface area contributed by atoms with Gasteiger partial charge in [0.1, 0.15) is 5.82 Å². The van der Waals surface area contributed by atoms with Gasteiger partial charge >= 0.3 is 5.97 Å². The normalized spacial score (nSPS) is 21.2. The predicted octanol–water partition coefficient (Wildman–Crippen LogP) is 2.98. The molecule has 1 aliphatic rings. The summed E-state index contributed by atoms with van der Waals surface area (Å²) in [6.45, 7) is 0.579. The van der Waals surface area contributed by atoms with Crippen molar-refractivity contribution in [3.8, 4) is 0 Å². The van der Waals surface area contributed by atoms with Crippen molar-refractivity contribution in [2.45, 2.75) is 18.4 Å². The summed E-state index contributed by atoms with van der Waals surface area (Å²) in [6.07, 6.45) is 2.72. The number of anilines is 1. The highest BCUT2D eigenvalue weighted by Gasteiger charge is 2.42. The molecule has 1 aromatic heterocycles. The Bertz CT molecular complexity index is 733. The van der Waals surface area contributed by atoms with E-state index >= 15 is 0 Å². The van der Waals surface area contributed by atoms with Crippen LogP contribution in [0.2, 0.25) is 10.0 Å². The quantitative estimate of drug-likeness (QED) is 0.889. The number of rotatable bonds is 4. The Morgan fingerprint density at radius 2 is 2.09 bits per heavy atom. The van der Waals surface area contributed by atoms with Gasteiger partial charge in [-0.3, -0.25) is 4.98 Å². The number of nitrogens with one attached hydrogen (secondary N) is 1. The summed E-state index contributed by atoms with van der Waals surface area (Å²) < 4.78 is 5.40. The minimum Gasteiger partial charge on any atom is -0.479 e. The summed E-state index contributed by atoms with van der Waals surface area (Å²) in [5.41, 5.74) is -0.00463. The lowest BCUT2D eigenvalue weighted by Crippen LogP contribution is -2.44. The zero-order chi connectivity index (χ0) is 15.7. The molecule has 1 unspecified atom stereocenters. The molecule has 8 heteroatoms. The van der Waals surface area contributed by atoms with E-state index in [0.717, 1.165) is 6.42 Å². The van der Waals surface area contributed by atoms with Gasteiger partial charge in [-0.15, -0.1) is 0 Å². The summed E-state index contributed by atoms with van der Waals surface area (Å²) in [5.74, 6) is -0.511. The van der Waals surface area contributed by atoms with E-state index < -0.39 is 11.6 Å². The SMILES string of the molecule is O=C(O)C1(CNc2cnc3cc(Cl)c(Cl)cc3n2)CCCO1. The van der Waals surface area contributed by atoms with Crippen molar-refractivity contribution in [2.24, 2.45) is 0 Å². The second kappa shape index (κ2) is 5.87. The Morgan fingerprint density at radius 1 is 1.36 bits per heavy atom. The minimum absolute atomic E-state index is 0.129. The van der Waals surface area contributed by atoms with Gasteiger partial charge in [-0.2, -0.15) is 0 Å². The Hall–Kier alpha value is -1.63. The summed E-state index contributed by atoms with van der Waals surface area (Å²) in [7, 11) is 0. The molecular formula is C14H13Cl2N3O3. The monoisotopic (exact) mass is 341 g/mol. The maximum Gasteiger partial charge on any atom is 0.337 e. The first-order valence-electron chi connectivity index (χ1n) is 6.73. The van der Waals surface area contributed by atoms with Crippen LogP contribution in [0.3, 0.4) is 0 Å². The molecule has 0 radical (unpaired) electrons. The van der Waals surface area contributed by atoms with E-state index in [0.29, 0.717) is 39.9 Å². The van der Waals surface area contributed by atoms with Crippen molar-refractivity contribution in [3.63, 3.8) is 0 Å². The van der Waals surface area contributed by atoms with Gasteiger partial charge in [-0.25, -0.2) is 9.78 Å². The molecule has 0 aliphatic carbocycles. The van der Waals surface area contributed by atoms with E-state index in [9.17, 15) is 9.90 Å². The average Bonchev–Trinajstić information content (AvgIpc) is 2.97. The van der Waals surface area contributed by atoms with Gasteiger partial charge in [0.2, 0.25) is 0 Å². The van der Waals surface area contributed by atoms with Crippen LogP contribution in [0.25, 0.3) is 11.0 Å². The smallest absolute Gasteiger partial charge is 0.337 e. The lowest BCUT2D eigenvalue weighted by Gasteiger charge is -2.23. The molecule has 116 valence electrons. The third-order valence-electron chi connectivity index (χ3n) is 3.63. The van der Waals surface area contributed by atoms with Gasteiger partial charge in [-0.1, -0.05) is 23.2 Å². The van der Waals surface area contributed by atoms with Crippen LogP contribution in [0.1, 0.15) is 12.8 Å². The van der Waals surface area contributed by atoms with Crippen LogP contribution in [0.4, 0.5) is 5.82 Å². The number of ether oxygens (including phenoxy) is 1. The third kappa shape index (κ3) is 2.82. The molecule has 1 aromatic carbocycles. The van der Waals surface area contributed by atoms with Gasteiger partial charge in [0.25, 0.3) is 0 Å². The summed E-state index contributed by atoms with van der Waals surface area (Å²) >= 11 is 11.9. The van der Waals surface area contributed by atoms with Gasteiger partial charge in [0.05, 0.1) is 33.8 Å². The molecule has 2 N–H and O–H groups in total. The van der Waals surface area contributed by atoms with Gasteiger partial charge in [-0.05, 0) is 25.0 Å². The van der Waals surface area contributed by atoms with Crippen LogP contribution < -0.4 is 5.32 Å². The Morgan fingerprint density at radius 3 is 2.73 bits per heavy atom. The van der Waals surface area contributed by atoms with Crippen molar-refractivity contribution in [3.05, 3.63) is 28.4 Å². The van der Waals surface area contributed by atoms with Crippen molar-refractivity contribution in [1.82, 2.24) is 9.97 Å². The van der Waals surface area contributed by atoms with E-state index in [1.54, 1.807) is 12.1 Å². The molecular weight excluding hydrogens is 329 g/mol. The lowest BCUT2D eigenvalue weighted by molar-refractivity contribution is -0.158. The number of carboxylic acid groups (broad SMARTS) is 1. The number of nitrogens with zero attached hydrogens (tertiary/aromatic N) is 2. The van der Waals surface area contributed by atoms with Crippen molar-refractivity contribution < 1.29 is 14.6 Å². The highest BCUT2D eigenvalue weighted by molar-refractivity contribution is 6.42. The molecule has 0 bridgehead atoms. The standard InChI is InChI=1S/C14H13Cl2N3O3/c15-8-4-10-11(5-9(8)16)19-12(6-17-10)18-7-14(13(20)21)2-1-3-22-14/h4-6H,1-3,7H2,(H,18,19)(H,20,21). The molecule has 2 heterocycles. The number of hydrogen-bond acceptors (Lipinski definition) is 5. The summed E-state index contributed by atoms with van der Waals surface area (Å²) in [6, 6.07) is 3.26. The second-order valence-electron chi connectivity index (χ2n) is 5.12. The summed E-state index contributed by atoms with van der Waals surface area (Å²) in [4.78, 5) is 20.0. The molecule has 0 amide bonds. The maximum absolute atomic E-state index is 11.4. The van der Waals surface area contributed by atoms with Crippen LogP contribution in [0.5, 0.6) is 0 Å². The van der Waals surface area contributed by atoms with Crippen LogP contribution in [0.15, 0.2) is 18.3 Å². The Balaban J connectivity index is 1.82. The predicted molar refractivity (Wildman–Crippen MR) is 83.6 cm³/mol. The fraction of sp³-hybridized carbons (Fsp3) is 0.357. The molecule has 0 spiro atoms. The highest BCUT2D eigenvalue weighted by Crippen LogP contribution is 2.28. The number of hydrogen-bond donors (Lipinski definition) is 2. The first-order chi connectivity index (χ1) is 10.5. The first-order valence-corrected chi connectivity index (χ1v) is 7.49. The lowest BCUT2D eigenvalue weighted by atomic mass is 10.0. The van der Waals surface area contributed by atoms with Crippen molar-refractivity contribution in [1.29, 1.82) is 0 Å². The van der Waals surface area contributed by atoms with E-state index in [2.05, 4.69) is 15.3 Å². The number of aromatic nitrogens is 2. The Labute approximate surface area is 136 Å². The molecule has 6 nitrogen and oxygen atoms in total. The van der Waals surface area contributed by atoms with E-state index in [1.807, 2.05) is 0 Å². The maximum atomic E-state index is 11.4. The van der Waals surface area contributed by atoms with E-state index in [1.165, 1.54) is 6.20 Å². The van der Waals surface area contributed by atoms with Crippen LogP contribution >= 0.6 is 23.2 Å². The topological polar surface area (TPSA) is 84.3 Å². The third-order valence-corrected chi connectivity index (χ3v) is 4.35. The van der Waals surface area contributed by atoms with Gasteiger partial charge < -0.3 is 15.2 Å². The summed E-state index contributed by atoms with van der Waals surface area (Å²) in [5, 5.41) is 13.1. The highest BCUT2D eigenvalue weighted by atomic mass is 35.5. The molecule has 0 saturated carbocycles. The molecule has 1 atom stereocenters. The van der Waals surface area contributed by atoms with E-state index in [4.69, 9.17) is 27.9 Å². The zero-order valence-electron chi connectivity index (χ0n) is 11.5. The number of halogens is 2. The number of aliphatic carboxylic acids is 1. The van der Waals surface area contributed by atoms with Gasteiger partial charge in [0.15, 0.2) is 5.60 Å². The number of benzene rings is 1. The van der Waals surface area contributed by atoms with Crippen molar-refractivity contribution in [2.75, 3.05) is 18.5 Å². The first kappa shape index (κ1) is 15.3. The molecule has 3 rings (SSSR count). The van der Waals surface area contributed by atoms with Gasteiger partial charge in [0, 0.05) is 6.61 Å². The largest absolute Gasteiger partial charge is 0.479 e. The second-order valence-corrected chi connectivity index (χ2v) is 5.93. The Kier molecular flexibility index (Phi) is 4.08. The number of carbonyl (C=O) groups is 1. The molecule has 1 fully saturated rings. The van der Waals surface area contributed by atoms with Crippen LogP contribution in [0, 0.1) is 0 Å². The number of carboxylic acids is 1. The van der Waals surface area contributed by atoms with Crippen LogP contribution in [-0.2, 0) is 9.53 Å². The molecule has 22 heavy (non-hydrogen) atoms. The van der Waals surface area contributed by atoms with E-state index in [-0.39, 0.29) is 6.54 Å². The van der Waals surface area contributed by atoms with Crippen molar-refractivity contribution >= 4 is 46.0 Å². The molecule has 1 saturated heterocycles. The minimum atomic E-state index is -1.20. The number of fused-ring (bicyclic) bond motifs is 1. The molecule has 2 aromatic rings. The van der Waals surface area contributed by atoms with Crippen LogP contribution in [-0.4, -0.2) is 39.8 Å². The zero-order valence-corrected chi connectivity index (χ0v) is 13.0. The molecule has 1 aliphatic heterocycles. The fourth-order valence-electron chi connectivity index (χ4n) is 2.41. The fourth-order valence-corrected chi connectivity index (χ4v) is 2.72. The average molecular weight is 342 g/mol.